The summed E-state index contributed by atoms with van der Waals surface area (Å²) < 4.78 is 13.4. The summed E-state index contributed by atoms with van der Waals surface area (Å²) in [5, 5.41) is 0. The first-order valence-corrected chi connectivity index (χ1v) is 9.02. The third-order valence-electron chi connectivity index (χ3n) is 4.99. The SMILES string of the molecule is NCc1ccc(C(=O)N(CCc2cccc(F)c2)C2CCCC2)cc1. The standard InChI is InChI=1S/C21H25FN2O/c22-19-5-3-4-16(14-19)12-13-24(20-6-1-2-7-20)21(25)18-10-8-17(15-23)9-11-18/h3-5,8-11,14,20H,1-2,6-7,12-13,15,23H2. The minimum Gasteiger partial charge on any atom is -0.335 e. The molecule has 0 bridgehead atoms. The van der Waals surface area contributed by atoms with E-state index >= 15 is 0 Å². The summed E-state index contributed by atoms with van der Waals surface area (Å²) in [6, 6.07) is 14.4. The fraction of sp³-hybridized carbons (Fsp3) is 0.381. The summed E-state index contributed by atoms with van der Waals surface area (Å²) in [6.07, 6.45) is 5.10. The van der Waals surface area contributed by atoms with Crippen molar-refractivity contribution in [2.24, 2.45) is 5.73 Å². The third-order valence-corrected chi connectivity index (χ3v) is 4.99. The average molecular weight is 340 g/mol. The second-order valence-corrected chi connectivity index (χ2v) is 6.72. The molecule has 1 aliphatic carbocycles. The number of amides is 1. The van der Waals surface area contributed by atoms with E-state index in [1.807, 2.05) is 35.2 Å². The predicted octanol–water partition coefficient (Wildman–Crippen LogP) is 3.91. The van der Waals surface area contributed by atoms with Gasteiger partial charge in [0.05, 0.1) is 0 Å². The monoisotopic (exact) mass is 340 g/mol. The van der Waals surface area contributed by atoms with E-state index in [2.05, 4.69) is 0 Å². The molecule has 1 aliphatic rings. The van der Waals surface area contributed by atoms with Crippen molar-refractivity contribution in [3.63, 3.8) is 0 Å². The molecule has 0 radical (unpaired) electrons. The molecular weight excluding hydrogens is 315 g/mol. The van der Waals surface area contributed by atoms with Crippen LogP contribution in [0, 0.1) is 5.82 Å². The number of halogens is 1. The molecule has 3 nitrogen and oxygen atoms in total. The van der Waals surface area contributed by atoms with E-state index in [4.69, 9.17) is 5.73 Å². The number of hydrogen-bond donors (Lipinski definition) is 1. The van der Waals surface area contributed by atoms with Crippen LogP contribution in [0.3, 0.4) is 0 Å². The van der Waals surface area contributed by atoms with Crippen molar-refractivity contribution in [2.45, 2.75) is 44.7 Å². The minimum atomic E-state index is -0.228. The highest BCUT2D eigenvalue weighted by Gasteiger charge is 2.27. The lowest BCUT2D eigenvalue weighted by Gasteiger charge is -2.29. The van der Waals surface area contributed by atoms with Gasteiger partial charge < -0.3 is 10.6 Å². The summed E-state index contributed by atoms with van der Waals surface area (Å²) in [4.78, 5) is 15.0. The van der Waals surface area contributed by atoms with E-state index in [9.17, 15) is 9.18 Å². The number of nitrogens with zero attached hydrogens (tertiary/aromatic N) is 1. The van der Waals surface area contributed by atoms with Gasteiger partial charge in [-0.2, -0.15) is 0 Å². The number of carbonyl (C=O) groups is 1. The Bertz CT molecular complexity index is 708. The molecule has 0 saturated heterocycles. The van der Waals surface area contributed by atoms with Crippen LogP contribution in [0.15, 0.2) is 48.5 Å². The van der Waals surface area contributed by atoms with Gasteiger partial charge in [0, 0.05) is 24.7 Å². The van der Waals surface area contributed by atoms with E-state index in [0.29, 0.717) is 25.1 Å². The van der Waals surface area contributed by atoms with Crippen molar-refractivity contribution in [1.29, 1.82) is 0 Å². The van der Waals surface area contributed by atoms with Crippen molar-refractivity contribution < 1.29 is 9.18 Å². The van der Waals surface area contributed by atoms with Gasteiger partial charge in [-0.05, 0) is 54.7 Å². The van der Waals surface area contributed by atoms with Gasteiger partial charge in [0.15, 0.2) is 0 Å². The fourth-order valence-electron chi connectivity index (χ4n) is 3.56. The van der Waals surface area contributed by atoms with Crippen molar-refractivity contribution in [3.05, 3.63) is 71.0 Å². The topological polar surface area (TPSA) is 46.3 Å². The third kappa shape index (κ3) is 4.45. The molecule has 0 aromatic heterocycles. The van der Waals surface area contributed by atoms with Crippen LogP contribution < -0.4 is 5.73 Å². The first kappa shape index (κ1) is 17.6. The summed E-state index contributed by atoms with van der Waals surface area (Å²) in [7, 11) is 0. The van der Waals surface area contributed by atoms with E-state index in [1.54, 1.807) is 12.1 Å². The molecule has 132 valence electrons. The fourth-order valence-corrected chi connectivity index (χ4v) is 3.56. The zero-order valence-electron chi connectivity index (χ0n) is 14.5. The Morgan fingerprint density at radius 3 is 2.44 bits per heavy atom. The Hall–Kier alpha value is -2.20. The van der Waals surface area contributed by atoms with Crippen molar-refractivity contribution in [3.8, 4) is 0 Å². The quantitative estimate of drug-likeness (QED) is 0.866. The van der Waals surface area contributed by atoms with Gasteiger partial charge in [0.1, 0.15) is 5.82 Å². The number of benzene rings is 2. The number of hydrogen-bond acceptors (Lipinski definition) is 2. The lowest BCUT2D eigenvalue weighted by molar-refractivity contribution is 0.0684. The highest BCUT2D eigenvalue weighted by molar-refractivity contribution is 5.94. The molecule has 4 heteroatoms. The van der Waals surface area contributed by atoms with Gasteiger partial charge in [0.25, 0.3) is 5.91 Å². The van der Waals surface area contributed by atoms with Crippen LogP contribution in [0.1, 0.15) is 47.2 Å². The van der Waals surface area contributed by atoms with Gasteiger partial charge in [-0.3, -0.25) is 4.79 Å². The zero-order chi connectivity index (χ0) is 17.6. The normalized spacial score (nSPS) is 14.6. The molecule has 0 aliphatic heterocycles. The average Bonchev–Trinajstić information content (AvgIpc) is 3.16. The molecule has 0 atom stereocenters. The summed E-state index contributed by atoms with van der Waals surface area (Å²) in [6.45, 7) is 1.09. The van der Waals surface area contributed by atoms with Crippen molar-refractivity contribution in [2.75, 3.05) is 6.54 Å². The molecule has 0 unspecified atom stereocenters. The Morgan fingerprint density at radius 1 is 1.08 bits per heavy atom. The summed E-state index contributed by atoms with van der Waals surface area (Å²) in [5.41, 5.74) is 8.27. The van der Waals surface area contributed by atoms with Gasteiger partial charge in [-0.15, -0.1) is 0 Å². The molecule has 1 saturated carbocycles. The van der Waals surface area contributed by atoms with Crippen molar-refractivity contribution >= 4 is 5.91 Å². The summed E-state index contributed by atoms with van der Waals surface area (Å²) in [5.74, 6) is -0.166. The van der Waals surface area contributed by atoms with Crippen LogP contribution in [0.4, 0.5) is 4.39 Å². The van der Waals surface area contributed by atoms with Crippen LogP contribution in [0.5, 0.6) is 0 Å². The zero-order valence-corrected chi connectivity index (χ0v) is 14.5. The second kappa shape index (κ2) is 8.26. The van der Waals surface area contributed by atoms with E-state index in [-0.39, 0.29) is 17.8 Å². The smallest absolute Gasteiger partial charge is 0.254 e. The molecule has 2 N–H and O–H groups in total. The Labute approximate surface area is 148 Å². The minimum absolute atomic E-state index is 0.0619. The molecular formula is C21H25FN2O. The maximum atomic E-state index is 13.4. The van der Waals surface area contributed by atoms with Crippen molar-refractivity contribution in [1.82, 2.24) is 4.90 Å². The Balaban J connectivity index is 1.75. The lowest BCUT2D eigenvalue weighted by atomic mass is 10.1. The van der Waals surface area contributed by atoms with Gasteiger partial charge >= 0.3 is 0 Å². The molecule has 0 spiro atoms. The molecule has 1 amide bonds. The highest BCUT2D eigenvalue weighted by atomic mass is 19.1. The maximum Gasteiger partial charge on any atom is 0.254 e. The molecule has 1 fully saturated rings. The largest absolute Gasteiger partial charge is 0.335 e. The van der Waals surface area contributed by atoms with Crippen LogP contribution in [-0.4, -0.2) is 23.4 Å². The maximum absolute atomic E-state index is 13.4. The summed E-state index contributed by atoms with van der Waals surface area (Å²) >= 11 is 0. The lowest BCUT2D eigenvalue weighted by Crippen LogP contribution is -2.40. The molecule has 3 rings (SSSR count). The van der Waals surface area contributed by atoms with E-state index in [0.717, 1.165) is 24.0 Å². The van der Waals surface area contributed by atoms with Crippen LogP contribution in [-0.2, 0) is 13.0 Å². The van der Waals surface area contributed by atoms with Crippen LogP contribution in [0.2, 0.25) is 0 Å². The molecule has 25 heavy (non-hydrogen) atoms. The molecule has 2 aromatic rings. The Kier molecular flexibility index (Phi) is 5.82. The van der Waals surface area contributed by atoms with Gasteiger partial charge in [0.2, 0.25) is 0 Å². The Morgan fingerprint density at radius 2 is 1.80 bits per heavy atom. The number of carbonyl (C=O) groups excluding carboxylic acids is 1. The molecule has 0 heterocycles. The van der Waals surface area contributed by atoms with E-state index in [1.165, 1.54) is 18.9 Å². The number of rotatable bonds is 6. The molecule has 2 aromatic carbocycles. The van der Waals surface area contributed by atoms with Gasteiger partial charge in [-0.1, -0.05) is 37.1 Å². The van der Waals surface area contributed by atoms with E-state index < -0.39 is 0 Å². The van der Waals surface area contributed by atoms with Gasteiger partial charge in [-0.25, -0.2) is 4.39 Å². The van der Waals surface area contributed by atoms with Crippen LogP contribution in [0.25, 0.3) is 0 Å². The highest BCUT2D eigenvalue weighted by Crippen LogP contribution is 2.25. The number of nitrogens with two attached hydrogens (primary N) is 1. The predicted molar refractivity (Wildman–Crippen MR) is 97.7 cm³/mol. The first-order chi connectivity index (χ1) is 12.2. The first-order valence-electron chi connectivity index (χ1n) is 9.02. The van der Waals surface area contributed by atoms with Crippen LogP contribution >= 0.6 is 0 Å². The second-order valence-electron chi connectivity index (χ2n) is 6.72.